The van der Waals surface area contributed by atoms with E-state index in [1.165, 1.54) is 0 Å². The van der Waals surface area contributed by atoms with E-state index in [1.807, 2.05) is 5.38 Å². The van der Waals surface area contributed by atoms with Gasteiger partial charge in [-0.2, -0.15) is 0 Å². The van der Waals surface area contributed by atoms with Crippen LogP contribution in [0.25, 0.3) is 0 Å². The minimum Gasteiger partial charge on any atom is -0.494 e. The first-order valence-corrected chi connectivity index (χ1v) is 10.2. The maximum atomic E-state index is 6.18. The van der Waals surface area contributed by atoms with Gasteiger partial charge >= 0.3 is 0 Å². The number of ether oxygens (including phenoxy) is 1. The molecule has 98 valence electrons. The lowest BCUT2D eigenvalue weighted by Crippen LogP contribution is -2.40. The van der Waals surface area contributed by atoms with Crippen molar-refractivity contribution in [1.82, 2.24) is 0 Å². The summed E-state index contributed by atoms with van der Waals surface area (Å²) in [5.41, 5.74) is 0. The maximum Gasteiger partial charge on any atom is 0.192 e. The van der Waals surface area contributed by atoms with Crippen LogP contribution in [0, 0.1) is 0 Å². The summed E-state index contributed by atoms with van der Waals surface area (Å²) in [7, 11) is 0.0188. The molecule has 0 bridgehead atoms. The van der Waals surface area contributed by atoms with Crippen LogP contribution >= 0.6 is 27.3 Å². The van der Waals surface area contributed by atoms with Gasteiger partial charge in [0.05, 0.1) is 23.1 Å². The molecule has 0 amide bonds. The van der Waals surface area contributed by atoms with E-state index in [2.05, 4.69) is 49.8 Å². The monoisotopic (exact) mass is 336 g/mol. The third-order valence-electron chi connectivity index (χ3n) is 3.35. The van der Waals surface area contributed by atoms with Crippen molar-refractivity contribution in [1.29, 1.82) is 0 Å². The molecule has 5 heteroatoms. The van der Waals surface area contributed by atoms with Gasteiger partial charge in [0.1, 0.15) is 5.75 Å². The molecule has 0 aliphatic heterocycles. The van der Waals surface area contributed by atoms with Crippen LogP contribution in [-0.2, 0) is 11.0 Å². The molecule has 0 N–H and O–H groups in total. The van der Waals surface area contributed by atoms with E-state index in [4.69, 9.17) is 9.16 Å². The lowest BCUT2D eigenvalue weighted by Gasteiger charge is -2.36. The van der Waals surface area contributed by atoms with Gasteiger partial charge in [-0.25, -0.2) is 0 Å². The molecule has 0 fully saturated rings. The smallest absolute Gasteiger partial charge is 0.192 e. The first-order valence-electron chi connectivity index (χ1n) is 5.63. The second kappa shape index (κ2) is 5.43. The average molecular weight is 337 g/mol. The topological polar surface area (TPSA) is 18.5 Å². The summed E-state index contributed by atoms with van der Waals surface area (Å²) in [5, 5.41) is 2.29. The highest BCUT2D eigenvalue weighted by Crippen LogP contribution is 2.40. The van der Waals surface area contributed by atoms with Gasteiger partial charge in [0, 0.05) is 5.38 Å². The fourth-order valence-corrected chi connectivity index (χ4v) is 3.77. The van der Waals surface area contributed by atoms with Crippen molar-refractivity contribution in [2.24, 2.45) is 0 Å². The van der Waals surface area contributed by atoms with Gasteiger partial charge in [0.15, 0.2) is 8.32 Å². The van der Waals surface area contributed by atoms with Crippen LogP contribution in [0.15, 0.2) is 9.85 Å². The van der Waals surface area contributed by atoms with Crippen molar-refractivity contribution in [3.05, 3.63) is 14.7 Å². The third-order valence-corrected chi connectivity index (χ3v) is 9.66. The van der Waals surface area contributed by atoms with E-state index in [0.29, 0.717) is 6.61 Å². The van der Waals surface area contributed by atoms with Crippen molar-refractivity contribution in [3.63, 3.8) is 0 Å². The van der Waals surface area contributed by atoms with Crippen LogP contribution in [0.1, 0.15) is 25.6 Å². The highest BCUT2D eigenvalue weighted by molar-refractivity contribution is 9.10. The molecule has 1 aromatic rings. The van der Waals surface area contributed by atoms with Crippen molar-refractivity contribution in [2.75, 3.05) is 7.11 Å². The normalized spacial score (nSPS) is 12.9. The molecule has 0 aromatic carbocycles. The molecule has 0 aliphatic carbocycles. The van der Waals surface area contributed by atoms with Crippen molar-refractivity contribution in [3.8, 4) is 5.75 Å². The predicted octanol–water partition coefficient (Wildman–Crippen LogP) is 5.04. The van der Waals surface area contributed by atoms with Gasteiger partial charge in [0.25, 0.3) is 0 Å². The van der Waals surface area contributed by atoms with Crippen LogP contribution in [0.3, 0.4) is 0 Å². The number of hydrogen-bond donors (Lipinski definition) is 0. The Labute approximate surface area is 118 Å². The zero-order valence-corrected chi connectivity index (χ0v) is 14.8. The molecule has 0 aliphatic rings. The Morgan fingerprint density at radius 2 is 1.94 bits per heavy atom. The summed E-state index contributed by atoms with van der Waals surface area (Å²) in [4.78, 5) is 1.16. The summed E-state index contributed by atoms with van der Waals surface area (Å²) in [6.45, 7) is 11.9. The zero-order valence-electron chi connectivity index (χ0n) is 11.4. The fourth-order valence-electron chi connectivity index (χ4n) is 1.14. The molecule has 0 radical (unpaired) electrons. The van der Waals surface area contributed by atoms with Crippen LogP contribution in [-0.4, -0.2) is 15.4 Å². The number of methoxy groups -OCH3 is 1. The van der Waals surface area contributed by atoms with Gasteiger partial charge in [0.2, 0.25) is 0 Å². The lowest BCUT2D eigenvalue weighted by atomic mass is 10.2. The quantitative estimate of drug-likeness (QED) is 0.717. The standard InChI is InChI=1S/C12H21BrO2SSi/c1-12(2,3)17(5,6)15-7-10-11(14-4)9(13)8-16-10/h8H,7H2,1-6H3. The van der Waals surface area contributed by atoms with E-state index >= 15 is 0 Å². The van der Waals surface area contributed by atoms with E-state index in [1.54, 1.807) is 18.4 Å². The molecule has 2 nitrogen and oxygen atoms in total. The Balaban J connectivity index is 2.74. The van der Waals surface area contributed by atoms with Crippen molar-refractivity contribution in [2.45, 2.75) is 45.5 Å². The van der Waals surface area contributed by atoms with Gasteiger partial charge in [-0.05, 0) is 34.1 Å². The molecule has 0 unspecified atom stereocenters. The molecule has 1 aromatic heterocycles. The molecule has 0 saturated heterocycles. The summed E-state index contributed by atoms with van der Waals surface area (Å²) < 4.78 is 12.6. The van der Waals surface area contributed by atoms with Crippen molar-refractivity contribution >= 4 is 35.6 Å². The highest BCUT2D eigenvalue weighted by atomic mass is 79.9. The minimum absolute atomic E-state index is 0.245. The Morgan fingerprint density at radius 3 is 2.41 bits per heavy atom. The first kappa shape index (κ1) is 15.2. The Hall–Kier alpha value is 0.157. The minimum atomic E-state index is -1.68. The maximum absolute atomic E-state index is 6.18. The van der Waals surface area contributed by atoms with Gasteiger partial charge < -0.3 is 9.16 Å². The molecule has 0 saturated carbocycles. The number of rotatable bonds is 4. The van der Waals surface area contributed by atoms with Gasteiger partial charge in [-0.1, -0.05) is 20.8 Å². The second-order valence-electron chi connectivity index (χ2n) is 5.59. The SMILES string of the molecule is COc1c(Br)csc1CO[Si](C)(C)C(C)(C)C. The van der Waals surface area contributed by atoms with Crippen LogP contribution in [0.5, 0.6) is 5.75 Å². The molecule has 0 spiro atoms. The van der Waals surface area contributed by atoms with E-state index < -0.39 is 8.32 Å². The molecular weight excluding hydrogens is 316 g/mol. The van der Waals surface area contributed by atoms with Gasteiger partial charge in [-0.15, -0.1) is 11.3 Å². The molecule has 1 heterocycles. The van der Waals surface area contributed by atoms with E-state index in [9.17, 15) is 0 Å². The van der Waals surface area contributed by atoms with Crippen LogP contribution in [0.4, 0.5) is 0 Å². The molecule has 0 atom stereocenters. The molecule has 1 rings (SSSR count). The largest absolute Gasteiger partial charge is 0.494 e. The number of thiophene rings is 1. The van der Waals surface area contributed by atoms with Gasteiger partial charge in [-0.3, -0.25) is 0 Å². The number of hydrogen-bond acceptors (Lipinski definition) is 3. The Bertz CT molecular complexity index is 382. The van der Waals surface area contributed by atoms with Crippen LogP contribution < -0.4 is 4.74 Å². The highest BCUT2D eigenvalue weighted by Gasteiger charge is 2.37. The fraction of sp³-hybridized carbons (Fsp3) is 0.667. The van der Waals surface area contributed by atoms with Crippen molar-refractivity contribution < 1.29 is 9.16 Å². The zero-order chi connectivity index (χ0) is 13.3. The number of halogens is 1. The Kier molecular flexibility index (Phi) is 4.86. The summed E-state index contributed by atoms with van der Waals surface area (Å²) in [6.07, 6.45) is 0. The average Bonchev–Trinajstić information content (AvgIpc) is 2.54. The Morgan fingerprint density at radius 1 is 1.35 bits per heavy atom. The van der Waals surface area contributed by atoms with Crippen LogP contribution in [0.2, 0.25) is 18.1 Å². The molecular formula is C12H21BrO2SSi. The second-order valence-corrected chi connectivity index (χ2v) is 12.2. The third kappa shape index (κ3) is 3.56. The van der Waals surface area contributed by atoms with E-state index in [-0.39, 0.29) is 5.04 Å². The first-order chi connectivity index (χ1) is 7.69. The van der Waals surface area contributed by atoms with E-state index in [0.717, 1.165) is 15.1 Å². The summed E-state index contributed by atoms with van der Waals surface area (Å²) in [6, 6.07) is 0. The summed E-state index contributed by atoms with van der Waals surface area (Å²) >= 11 is 5.16. The lowest BCUT2D eigenvalue weighted by molar-refractivity contribution is 0.273. The predicted molar refractivity (Wildman–Crippen MR) is 80.6 cm³/mol. The summed E-state index contributed by atoms with van der Waals surface area (Å²) in [5.74, 6) is 0.911. The molecule has 17 heavy (non-hydrogen) atoms.